The number of carbonyl (C=O) groups excluding carboxylic acids is 1. The molecule has 22 heavy (non-hydrogen) atoms. The Kier molecular flexibility index (Phi) is 6.15. The van der Waals surface area contributed by atoms with E-state index >= 15 is 0 Å². The van der Waals surface area contributed by atoms with Gasteiger partial charge in [-0.1, -0.05) is 40.2 Å². The van der Waals surface area contributed by atoms with Crippen molar-refractivity contribution < 1.29 is 9.53 Å². The monoisotopic (exact) mass is 360 g/mol. The highest BCUT2D eigenvalue weighted by Gasteiger charge is 2.01. The van der Waals surface area contributed by atoms with Gasteiger partial charge in [0.2, 0.25) is 5.91 Å². The minimum atomic E-state index is -0.153. The molecule has 1 N–H and O–H groups in total. The lowest BCUT2D eigenvalue weighted by Crippen LogP contribution is -2.19. The largest absolute Gasteiger partial charge is 0.494 e. The molecule has 0 aromatic heterocycles. The van der Waals surface area contributed by atoms with Crippen LogP contribution in [0.25, 0.3) is 0 Å². The molecule has 0 saturated carbocycles. The Morgan fingerprint density at radius 2 is 2.05 bits per heavy atom. The second-order valence-corrected chi connectivity index (χ2v) is 5.52. The Balaban J connectivity index is 1.87. The molecule has 0 bridgehead atoms. The standard InChI is InChI=1S/C17H17BrN2O2/c1-2-22-16-5-3-4-14(10-16)12-19-20-17(21)11-13-6-8-15(18)9-7-13/h3-10,12H,2,11H2,1H3,(H,20,21)/b19-12-. The summed E-state index contributed by atoms with van der Waals surface area (Å²) in [5.74, 6) is 0.632. The molecule has 0 saturated heterocycles. The molecule has 2 rings (SSSR count). The fourth-order valence-electron chi connectivity index (χ4n) is 1.86. The lowest BCUT2D eigenvalue weighted by molar-refractivity contribution is -0.120. The molecular weight excluding hydrogens is 344 g/mol. The number of nitrogens with zero attached hydrogens (tertiary/aromatic N) is 1. The summed E-state index contributed by atoms with van der Waals surface area (Å²) in [7, 11) is 0. The van der Waals surface area contributed by atoms with Gasteiger partial charge in [-0.2, -0.15) is 5.10 Å². The molecule has 114 valence electrons. The Morgan fingerprint density at radius 3 is 2.77 bits per heavy atom. The lowest BCUT2D eigenvalue weighted by Gasteiger charge is -2.03. The first-order valence-corrected chi connectivity index (χ1v) is 7.76. The van der Waals surface area contributed by atoms with Crippen LogP contribution in [0.4, 0.5) is 0 Å². The van der Waals surface area contributed by atoms with Crippen molar-refractivity contribution in [1.29, 1.82) is 0 Å². The minimum Gasteiger partial charge on any atom is -0.494 e. The van der Waals surface area contributed by atoms with E-state index in [1.54, 1.807) is 6.21 Å². The maximum absolute atomic E-state index is 11.8. The zero-order valence-corrected chi connectivity index (χ0v) is 13.8. The smallest absolute Gasteiger partial charge is 0.244 e. The fraction of sp³-hybridized carbons (Fsp3) is 0.176. The Bertz CT molecular complexity index is 654. The Hall–Kier alpha value is -2.14. The number of halogens is 1. The molecule has 2 aromatic rings. The number of hydrogen-bond acceptors (Lipinski definition) is 3. The van der Waals surface area contributed by atoms with E-state index < -0.39 is 0 Å². The molecule has 5 heteroatoms. The van der Waals surface area contributed by atoms with E-state index in [0.29, 0.717) is 13.0 Å². The molecule has 0 radical (unpaired) electrons. The average molecular weight is 361 g/mol. The third-order valence-electron chi connectivity index (χ3n) is 2.85. The van der Waals surface area contributed by atoms with Crippen LogP contribution >= 0.6 is 15.9 Å². The highest BCUT2D eigenvalue weighted by atomic mass is 79.9. The van der Waals surface area contributed by atoms with Crippen LogP contribution in [0.5, 0.6) is 5.75 Å². The summed E-state index contributed by atoms with van der Waals surface area (Å²) in [5.41, 5.74) is 4.33. The fourth-order valence-corrected chi connectivity index (χ4v) is 2.12. The highest BCUT2D eigenvalue weighted by Crippen LogP contribution is 2.12. The summed E-state index contributed by atoms with van der Waals surface area (Å²) in [6.07, 6.45) is 1.89. The minimum absolute atomic E-state index is 0.153. The van der Waals surface area contributed by atoms with Gasteiger partial charge in [0.15, 0.2) is 0 Å². The van der Waals surface area contributed by atoms with E-state index in [9.17, 15) is 4.79 Å². The molecule has 0 spiro atoms. The first-order valence-electron chi connectivity index (χ1n) is 6.96. The molecular formula is C17H17BrN2O2. The first kappa shape index (κ1) is 16.2. The number of hydrogen-bond donors (Lipinski definition) is 1. The van der Waals surface area contributed by atoms with Gasteiger partial charge in [-0.05, 0) is 42.3 Å². The normalized spacial score (nSPS) is 10.6. The van der Waals surface area contributed by atoms with Crippen molar-refractivity contribution >= 4 is 28.1 Å². The number of nitrogens with one attached hydrogen (secondary N) is 1. The molecule has 0 aliphatic heterocycles. The molecule has 0 fully saturated rings. The number of amides is 1. The predicted molar refractivity (Wildman–Crippen MR) is 91.2 cm³/mol. The summed E-state index contributed by atoms with van der Waals surface area (Å²) in [6, 6.07) is 15.2. The van der Waals surface area contributed by atoms with E-state index in [1.165, 1.54) is 0 Å². The molecule has 0 aliphatic carbocycles. The predicted octanol–water partition coefficient (Wildman–Crippen LogP) is 3.54. The maximum Gasteiger partial charge on any atom is 0.244 e. The average Bonchev–Trinajstić information content (AvgIpc) is 2.50. The third kappa shape index (κ3) is 5.33. The van der Waals surface area contributed by atoms with Gasteiger partial charge in [-0.15, -0.1) is 0 Å². The van der Waals surface area contributed by atoms with Crippen LogP contribution in [0.1, 0.15) is 18.1 Å². The van der Waals surface area contributed by atoms with Gasteiger partial charge in [0.1, 0.15) is 5.75 Å². The van der Waals surface area contributed by atoms with Crippen LogP contribution in [0, 0.1) is 0 Å². The Labute approximate surface area is 138 Å². The van der Waals surface area contributed by atoms with Gasteiger partial charge >= 0.3 is 0 Å². The Morgan fingerprint density at radius 1 is 1.27 bits per heavy atom. The number of ether oxygens (including phenoxy) is 1. The number of rotatable bonds is 6. The van der Waals surface area contributed by atoms with Gasteiger partial charge in [-0.3, -0.25) is 4.79 Å². The van der Waals surface area contributed by atoms with Crippen molar-refractivity contribution in [1.82, 2.24) is 5.43 Å². The van der Waals surface area contributed by atoms with Crippen molar-refractivity contribution in [3.05, 3.63) is 64.1 Å². The summed E-state index contributed by atoms with van der Waals surface area (Å²) >= 11 is 3.36. The second-order valence-electron chi connectivity index (χ2n) is 4.60. The van der Waals surface area contributed by atoms with Crippen molar-refractivity contribution in [2.24, 2.45) is 5.10 Å². The number of hydrazone groups is 1. The first-order chi connectivity index (χ1) is 10.7. The van der Waals surface area contributed by atoms with Crippen LogP contribution in [0.2, 0.25) is 0 Å². The maximum atomic E-state index is 11.8. The molecule has 2 aromatic carbocycles. The van der Waals surface area contributed by atoms with Crippen LogP contribution in [-0.4, -0.2) is 18.7 Å². The molecule has 4 nitrogen and oxygen atoms in total. The van der Waals surface area contributed by atoms with Gasteiger partial charge in [0.05, 0.1) is 19.2 Å². The van der Waals surface area contributed by atoms with E-state index in [-0.39, 0.29) is 5.91 Å². The molecule has 0 atom stereocenters. The van der Waals surface area contributed by atoms with Crippen LogP contribution in [-0.2, 0) is 11.2 Å². The zero-order valence-electron chi connectivity index (χ0n) is 12.3. The van der Waals surface area contributed by atoms with Crippen molar-refractivity contribution in [3.63, 3.8) is 0 Å². The summed E-state index contributed by atoms with van der Waals surface area (Å²) in [5, 5.41) is 3.97. The van der Waals surface area contributed by atoms with E-state index in [0.717, 1.165) is 21.3 Å². The number of benzene rings is 2. The second kappa shape index (κ2) is 8.34. The van der Waals surface area contributed by atoms with E-state index in [2.05, 4.69) is 26.5 Å². The third-order valence-corrected chi connectivity index (χ3v) is 3.38. The van der Waals surface area contributed by atoms with E-state index in [1.807, 2.05) is 55.5 Å². The van der Waals surface area contributed by atoms with Crippen molar-refractivity contribution in [3.8, 4) is 5.75 Å². The van der Waals surface area contributed by atoms with Gasteiger partial charge in [0.25, 0.3) is 0 Å². The molecule has 0 unspecified atom stereocenters. The lowest BCUT2D eigenvalue weighted by atomic mass is 10.1. The summed E-state index contributed by atoms with van der Waals surface area (Å²) in [6.45, 7) is 2.55. The SMILES string of the molecule is CCOc1cccc(/C=N\NC(=O)Cc2ccc(Br)cc2)c1. The van der Waals surface area contributed by atoms with Gasteiger partial charge in [0, 0.05) is 4.47 Å². The van der Waals surface area contributed by atoms with Crippen LogP contribution < -0.4 is 10.2 Å². The summed E-state index contributed by atoms with van der Waals surface area (Å²) < 4.78 is 6.40. The van der Waals surface area contributed by atoms with Gasteiger partial charge in [-0.25, -0.2) is 5.43 Å². The van der Waals surface area contributed by atoms with Crippen LogP contribution in [0.15, 0.2) is 58.1 Å². The zero-order chi connectivity index (χ0) is 15.8. The molecule has 0 aliphatic rings. The topological polar surface area (TPSA) is 50.7 Å². The van der Waals surface area contributed by atoms with E-state index in [4.69, 9.17) is 4.74 Å². The van der Waals surface area contributed by atoms with Crippen molar-refractivity contribution in [2.45, 2.75) is 13.3 Å². The van der Waals surface area contributed by atoms with Crippen LogP contribution in [0.3, 0.4) is 0 Å². The quantitative estimate of drug-likeness (QED) is 0.632. The summed E-state index contributed by atoms with van der Waals surface area (Å²) in [4.78, 5) is 11.8. The molecule has 0 heterocycles. The van der Waals surface area contributed by atoms with Gasteiger partial charge < -0.3 is 4.74 Å². The molecule has 1 amide bonds. The highest BCUT2D eigenvalue weighted by molar-refractivity contribution is 9.10. The number of carbonyl (C=O) groups is 1. The van der Waals surface area contributed by atoms with Crippen molar-refractivity contribution in [2.75, 3.05) is 6.61 Å².